The number of hydrogen-bond donors (Lipinski definition) is 0. The van der Waals surface area contributed by atoms with Crippen molar-refractivity contribution in [1.29, 1.82) is 0 Å². The van der Waals surface area contributed by atoms with Gasteiger partial charge in [0.2, 0.25) is 5.76 Å². The predicted molar refractivity (Wildman–Crippen MR) is 81.2 cm³/mol. The Morgan fingerprint density at radius 2 is 1.90 bits per heavy atom. The molecule has 4 heteroatoms. The molecule has 0 saturated heterocycles. The van der Waals surface area contributed by atoms with Gasteiger partial charge in [0.05, 0.1) is 0 Å². The number of benzene rings is 1. The number of aryl methyl sites for hydroxylation is 1. The predicted octanol–water partition coefficient (Wildman–Crippen LogP) is 4.87. The van der Waals surface area contributed by atoms with E-state index in [1.54, 1.807) is 12.1 Å². The lowest BCUT2D eigenvalue weighted by atomic mass is 9.85. The third-order valence-corrected chi connectivity index (χ3v) is 3.35. The van der Waals surface area contributed by atoms with Crippen LogP contribution in [0.1, 0.15) is 42.5 Å². The van der Waals surface area contributed by atoms with Gasteiger partial charge in [0.25, 0.3) is 0 Å². The van der Waals surface area contributed by atoms with Crippen molar-refractivity contribution in [2.24, 2.45) is 0 Å². The van der Waals surface area contributed by atoms with Crippen LogP contribution in [0.4, 0.5) is 0 Å². The molecule has 0 unspecified atom stereocenters. The SMILES string of the molecule is Cc1ccc(OC(=O)c2ccc(Br)o2)c(C(C)(C)C)c1. The molecule has 0 saturated carbocycles. The van der Waals surface area contributed by atoms with E-state index in [4.69, 9.17) is 9.15 Å². The van der Waals surface area contributed by atoms with Crippen molar-refractivity contribution in [3.05, 3.63) is 51.9 Å². The second-order valence-corrected chi connectivity index (χ2v) is 6.52. The highest BCUT2D eigenvalue weighted by atomic mass is 79.9. The van der Waals surface area contributed by atoms with Crippen molar-refractivity contribution in [3.8, 4) is 5.75 Å². The highest BCUT2D eigenvalue weighted by molar-refractivity contribution is 9.10. The lowest BCUT2D eigenvalue weighted by molar-refractivity contribution is 0.0697. The highest BCUT2D eigenvalue weighted by Crippen LogP contribution is 2.32. The summed E-state index contributed by atoms with van der Waals surface area (Å²) in [6.07, 6.45) is 0. The summed E-state index contributed by atoms with van der Waals surface area (Å²) in [5.74, 6) is 0.253. The number of ether oxygens (including phenoxy) is 1. The summed E-state index contributed by atoms with van der Waals surface area (Å²) >= 11 is 3.17. The Labute approximate surface area is 127 Å². The van der Waals surface area contributed by atoms with Crippen molar-refractivity contribution >= 4 is 21.9 Å². The minimum absolute atomic E-state index is 0.106. The van der Waals surface area contributed by atoms with Gasteiger partial charge in [0.15, 0.2) is 4.67 Å². The summed E-state index contributed by atoms with van der Waals surface area (Å²) in [6.45, 7) is 8.28. The van der Waals surface area contributed by atoms with Crippen molar-refractivity contribution in [2.75, 3.05) is 0 Å². The molecular weight excluding hydrogens is 320 g/mol. The summed E-state index contributed by atoms with van der Waals surface area (Å²) in [5, 5.41) is 0. The zero-order valence-electron chi connectivity index (χ0n) is 12.0. The topological polar surface area (TPSA) is 39.4 Å². The molecule has 1 heterocycles. The number of carbonyl (C=O) groups excluding carboxylic acids is 1. The summed E-state index contributed by atoms with van der Waals surface area (Å²) in [7, 11) is 0. The number of hydrogen-bond acceptors (Lipinski definition) is 3. The Bertz CT molecular complexity index is 635. The van der Waals surface area contributed by atoms with Crippen LogP contribution in [0.25, 0.3) is 0 Å². The minimum Gasteiger partial charge on any atom is -0.442 e. The second-order valence-electron chi connectivity index (χ2n) is 5.74. The van der Waals surface area contributed by atoms with Gasteiger partial charge >= 0.3 is 5.97 Å². The number of rotatable bonds is 2. The molecule has 3 nitrogen and oxygen atoms in total. The van der Waals surface area contributed by atoms with Gasteiger partial charge in [0, 0.05) is 5.56 Å². The molecule has 0 fully saturated rings. The van der Waals surface area contributed by atoms with Crippen LogP contribution in [0.5, 0.6) is 5.75 Å². The van der Waals surface area contributed by atoms with Crippen molar-refractivity contribution < 1.29 is 13.9 Å². The van der Waals surface area contributed by atoms with Crippen LogP contribution in [0.2, 0.25) is 0 Å². The first kappa shape index (κ1) is 14.9. The van der Waals surface area contributed by atoms with Crippen molar-refractivity contribution in [3.63, 3.8) is 0 Å². The zero-order chi connectivity index (χ0) is 14.9. The molecular formula is C16H17BrO3. The molecule has 0 bridgehead atoms. The maximum atomic E-state index is 12.1. The average Bonchev–Trinajstić information content (AvgIpc) is 2.77. The van der Waals surface area contributed by atoms with E-state index in [1.165, 1.54) is 0 Å². The fourth-order valence-electron chi connectivity index (χ4n) is 1.89. The van der Waals surface area contributed by atoms with Gasteiger partial charge in [-0.25, -0.2) is 4.79 Å². The number of furan rings is 1. The highest BCUT2D eigenvalue weighted by Gasteiger charge is 2.22. The third kappa shape index (κ3) is 3.31. The van der Waals surface area contributed by atoms with Crippen LogP contribution in [-0.4, -0.2) is 5.97 Å². The van der Waals surface area contributed by atoms with Crippen LogP contribution in [0.15, 0.2) is 39.4 Å². The van der Waals surface area contributed by atoms with Gasteiger partial charge in [-0.2, -0.15) is 0 Å². The van der Waals surface area contributed by atoms with Crippen LogP contribution in [-0.2, 0) is 5.41 Å². The Kier molecular flexibility index (Phi) is 4.04. The normalized spacial score (nSPS) is 11.4. The quantitative estimate of drug-likeness (QED) is 0.580. The van der Waals surface area contributed by atoms with E-state index in [0.717, 1.165) is 11.1 Å². The Hall–Kier alpha value is -1.55. The van der Waals surface area contributed by atoms with E-state index in [1.807, 2.05) is 25.1 Å². The summed E-state index contributed by atoms with van der Waals surface area (Å²) < 4.78 is 11.2. The molecule has 20 heavy (non-hydrogen) atoms. The van der Waals surface area contributed by atoms with E-state index in [9.17, 15) is 4.79 Å². The molecule has 0 aliphatic carbocycles. The molecule has 2 rings (SSSR count). The average molecular weight is 337 g/mol. The third-order valence-electron chi connectivity index (χ3n) is 2.92. The van der Waals surface area contributed by atoms with Crippen LogP contribution in [0.3, 0.4) is 0 Å². The first-order valence-corrected chi connectivity index (χ1v) is 7.15. The number of carbonyl (C=O) groups is 1. The maximum absolute atomic E-state index is 12.1. The molecule has 0 atom stereocenters. The molecule has 0 spiro atoms. The Morgan fingerprint density at radius 3 is 2.45 bits per heavy atom. The monoisotopic (exact) mass is 336 g/mol. The molecule has 1 aromatic carbocycles. The van der Waals surface area contributed by atoms with E-state index in [0.29, 0.717) is 10.4 Å². The first-order chi connectivity index (χ1) is 9.27. The van der Waals surface area contributed by atoms with E-state index >= 15 is 0 Å². The lowest BCUT2D eigenvalue weighted by Gasteiger charge is -2.22. The number of halogens is 1. The van der Waals surface area contributed by atoms with Gasteiger partial charge in [0.1, 0.15) is 5.75 Å². The van der Waals surface area contributed by atoms with Crippen LogP contribution >= 0.6 is 15.9 Å². The van der Waals surface area contributed by atoms with Crippen molar-refractivity contribution in [1.82, 2.24) is 0 Å². The van der Waals surface area contributed by atoms with Crippen molar-refractivity contribution in [2.45, 2.75) is 33.1 Å². The standard InChI is InChI=1S/C16H17BrO3/c1-10-5-6-12(11(9-10)16(2,3)4)20-15(18)13-7-8-14(17)19-13/h5-9H,1-4H3. The van der Waals surface area contributed by atoms with Crippen LogP contribution < -0.4 is 4.74 Å². The fourth-order valence-corrected chi connectivity index (χ4v) is 2.20. The zero-order valence-corrected chi connectivity index (χ0v) is 13.6. The molecule has 1 aromatic heterocycles. The molecule has 0 N–H and O–H groups in total. The summed E-state index contributed by atoms with van der Waals surface area (Å²) in [5.41, 5.74) is 2.03. The van der Waals surface area contributed by atoms with Gasteiger partial charge < -0.3 is 9.15 Å². The molecule has 0 aliphatic rings. The maximum Gasteiger partial charge on any atom is 0.379 e. The van der Waals surface area contributed by atoms with E-state index < -0.39 is 5.97 Å². The van der Waals surface area contributed by atoms with Gasteiger partial charge in [-0.1, -0.05) is 38.5 Å². The van der Waals surface area contributed by atoms with Gasteiger partial charge in [-0.05, 0) is 46.5 Å². The molecule has 0 amide bonds. The lowest BCUT2D eigenvalue weighted by Crippen LogP contribution is -2.16. The fraction of sp³-hybridized carbons (Fsp3) is 0.312. The Morgan fingerprint density at radius 1 is 1.20 bits per heavy atom. The first-order valence-electron chi connectivity index (χ1n) is 6.36. The van der Waals surface area contributed by atoms with E-state index in [-0.39, 0.29) is 11.2 Å². The van der Waals surface area contributed by atoms with Gasteiger partial charge in [-0.3, -0.25) is 0 Å². The summed E-state index contributed by atoms with van der Waals surface area (Å²) in [4.78, 5) is 12.1. The van der Waals surface area contributed by atoms with E-state index in [2.05, 4.69) is 36.7 Å². The molecule has 106 valence electrons. The smallest absolute Gasteiger partial charge is 0.379 e. The molecule has 0 radical (unpaired) electrons. The van der Waals surface area contributed by atoms with Gasteiger partial charge in [-0.15, -0.1) is 0 Å². The molecule has 2 aromatic rings. The van der Waals surface area contributed by atoms with Crippen LogP contribution in [0, 0.1) is 6.92 Å². The number of esters is 1. The largest absolute Gasteiger partial charge is 0.442 e. The Balaban J connectivity index is 2.32. The second kappa shape index (κ2) is 5.44. The summed E-state index contributed by atoms with van der Waals surface area (Å²) in [6, 6.07) is 9.04. The molecule has 0 aliphatic heterocycles. The minimum atomic E-state index is -0.495.